The lowest BCUT2D eigenvalue weighted by Crippen LogP contribution is -2.59. The minimum absolute atomic E-state index is 0.265. The van der Waals surface area contributed by atoms with Crippen LogP contribution in [0.25, 0.3) is 0 Å². The van der Waals surface area contributed by atoms with Crippen molar-refractivity contribution in [2.24, 2.45) is 0 Å². The van der Waals surface area contributed by atoms with Crippen molar-refractivity contribution in [2.75, 3.05) is 18.0 Å². The first-order valence-corrected chi connectivity index (χ1v) is 6.74. The highest BCUT2D eigenvalue weighted by atomic mass is 79.9. The molecule has 1 atom stereocenters. The number of halogens is 1. The van der Waals surface area contributed by atoms with Gasteiger partial charge in [0, 0.05) is 18.9 Å². The number of imide groups is 1. The monoisotopic (exact) mass is 325 g/mol. The van der Waals surface area contributed by atoms with Crippen LogP contribution in [0.2, 0.25) is 0 Å². The lowest BCUT2D eigenvalue weighted by atomic mass is 9.89. The van der Waals surface area contributed by atoms with Crippen molar-refractivity contribution in [3.63, 3.8) is 0 Å². The molecule has 100 valence electrons. The van der Waals surface area contributed by atoms with Gasteiger partial charge in [0.1, 0.15) is 5.54 Å². The summed E-state index contributed by atoms with van der Waals surface area (Å²) in [4.78, 5) is 33.6. The smallest absolute Gasteiger partial charge is 0.322 e. The van der Waals surface area contributed by atoms with Crippen molar-refractivity contribution in [3.8, 4) is 0 Å². The third-order valence-corrected chi connectivity index (χ3v) is 3.81. The molecule has 2 fully saturated rings. The van der Waals surface area contributed by atoms with Gasteiger partial charge in [0.25, 0.3) is 5.91 Å². The molecule has 0 saturated carbocycles. The van der Waals surface area contributed by atoms with E-state index in [1.165, 1.54) is 0 Å². The van der Waals surface area contributed by atoms with Crippen LogP contribution < -0.4 is 15.5 Å². The first-order chi connectivity index (χ1) is 9.09. The third kappa shape index (κ3) is 2.16. The number of anilines is 1. The lowest BCUT2D eigenvalue weighted by molar-refractivity contribution is -0.124. The van der Waals surface area contributed by atoms with Gasteiger partial charge in [-0.15, -0.1) is 0 Å². The van der Waals surface area contributed by atoms with E-state index in [-0.39, 0.29) is 5.91 Å². The third-order valence-electron chi connectivity index (χ3n) is 3.40. The maximum atomic E-state index is 11.9. The molecule has 1 spiro atoms. The molecule has 2 aliphatic rings. The second-order valence-corrected chi connectivity index (χ2v) is 5.63. The Hall–Kier alpha value is -1.70. The average molecular weight is 326 g/mol. The van der Waals surface area contributed by atoms with Gasteiger partial charge in [0.2, 0.25) is 5.95 Å². The highest BCUT2D eigenvalue weighted by molar-refractivity contribution is 9.10. The van der Waals surface area contributed by atoms with E-state index in [0.29, 0.717) is 18.9 Å². The van der Waals surface area contributed by atoms with Crippen molar-refractivity contribution < 1.29 is 9.59 Å². The van der Waals surface area contributed by atoms with Gasteiger partial charge in [0.05, 0.1) is 11.0 Å². The Morgan fingerprint density at radius 1 is 1.32 bits per heavy atom. The van der Waals surface area contributed by atoms with Gasteiger partial charge < -0.3 is 10.2 Å². The molecule has 19 heavy (non-hydrogen) atoms. The maximum Gasteiger partial charge on any atom is 0.322 e. The number of hydrogen-bond donors (Lipinski definition) is 2. The van der Waals surface area contributed by atoms with Gasteiger partial charge >= 0.3 is 6.03 Å². The summed E-state index contributed by atoms with van der Waals surface area (Å²) >= 11 is 3.28. The predicted molar refractivity (Wildman–Crippen MR) is 70.6 cm³/mol. The van der Waals surface area contributed by atoms with Crippen molar-refractivity contribution in [3.05, 3.63) is 16.9 Å². The molecule has 7 nitrogen and oxygen atoms in total. The van der Waals surface area contributed by atoms with Crippen LogP contribution in [0, 0.1) is 0 Å². The molecule has 2 saturated heterocycles. The number of hydrogen-bond acceptors (Lipinski definition) is 5. The fourth-order valence-corrected chi connectivity index (χ4v) is 2.72. The van der Waals surface area contributed by atoms with Gasteiger partial charge in [-0.05, 0) is 28.8 Å². The normalized spacial score (nSPS) is 26.5. The molecule has 2 N–H and O–H groups in total. The van der Waals surface area contributed by atoms with Crippen LogP contribution in [0.4, 0.5) is 10.7 Å². The Kier molecular flexibility index (Phi) is 2.89. The Labute approximate surface area is 117 Å². The number of amides is 3. The summed E-state index contributed by atoms with van der Waals surface area (Å²) in [5, 5.41) is 5.02. The maximum absolute atomic E-state index is 11.9. The quantitative estimate of drug-likeness (QED) is 0.730. The van der Waals surface area contributed by atoms with Crippen molar-refractivity contribution in [2.45, 2.75) is 18.4 Å². The van der Waals surface area contributed by atoms with Gasteiger partial charge in [-0.3, -0.25) is 10.1 Å². The summed E-state index contributed by atoms with van der Waals surface area (Å²) in [5.41, 5.74) is -0.842. The molecule has 8 heteroatoms. The fraction of sp³-hybridized carbons (Fsp3) is 0.455. The first kappa shape index (κ1) is 12.3. The lowest BCUT2D eigenvalue weighted by Gasteiger charge is -2.37. The summed E-state index contributed by atoms with van der Waals surface area (Å²) in [6.07, 6.45) is 4.76. The molecule has 0 aliphatic carbocycles. The van der Waals surface area contributed by atoms with E-state index in [2.05, 4.69) is 36.5 Å². The zero-order valence-corrected chi connectivity index (χ0v) is 11.6. The second-order valence-electron chi connectivity index (χ2n) is 4.72. The molecule has 3 amide bonds. The Balaban J connectivity index is 1.84. The van der Waals surface area contributed by atoms with E-state index < -0.39 is 11.6 Å². The first-order valence-electron chi connectivity index (χ1n) is 5.95. The Morgan fingerprint density at radius 2 is 2.05 bits per heavy atom. The minimum atomic E-state index is -0.842. The summed E-state index contributed by atoms with van der Waals surface area (Å²) in [7, 11) is 0. The number of aromatic nitrogens is 2. The number of piperidine rings is 1. The molecular weight excluding hydrogens is 314 g/mol. The van der Waals surface area contributed by atoms with Gasteiger partial charge in [0.15, 0.2) is 0 Å². The largest absolute Gasteiger partial charge is 0.338 e. The summed E-state index contributed by atoms with van der Waals surface area (Å²) < 4.78 is 0.801. The Bertz CT molecular complexity index is 534. The SMILES string of the molecule is O=C1NC(=O)C2(CCCN(c3ncc(Br)cn3)C2)N1. The standard InChI is InChI=1S/C11H12BrN5O2/c12-7-4-13-9(14-5-7)17-3-1-2-11(6-17)8(18)15-10(19)16-11/h4-5H,1-3,6H2,(H2,15,16,18,19). The Morgan fingerprint density at radius 3 is 2.68 bits per heavy atom. The molecule has 1 aromatic rings. The van der Waals surface area contributed by atoms with Crippen molar-refractivity contribution in [1.82, 2.24) is 20.6 Å². The number of urea groups is 1. The summed E-state index contributed by atoms with van der Waals surface area (Å²) in [6.45, 7) is 1.17. The van der Waals surface area contributed by atoms with E-state index in [4.69, 9.17) is 0 Å². The molecule has 0 bridgehead atoms. The molecule has 1 aromatic heterocycles. The van der Waals surface area contributed by atoms with E-state index in [1.54, 1.807) is 12.4 Å². The van der Waals surface area contributed by atoms with Crippen LogP contribution in [-0.2, 0) is 4.79 Å². The van der Waals surface area contributed by atoms with Gasteiger partial charge in [-0.25, -0.2) is 14.8 Å². The van der Waals surface area contributed by atoms with Crippen LogP contribution >= 0.6 is 15.9 Å². The fourth-order valence-electron chi connectivity index (χ4n) is 2.51. The van der Waals surface area contributed by atoms with E-state index in [0.717, 1.165) is 17.4 Å². The highest BCUT2D eigenvalue weighted by Gasteiger charge is 2.49. The predicted octanol–water partition coefficient (Wildman–Crippen LogP) is 0.417. The second kappa shape index (κ2) is 4.44. The number of nitrogens with zero attached hydrogens (tertiary/aromatic N) is 3. The molecule has 3 heterocycles. The van der Waals surface area contributed by atoms with Crippen LogP contribution in [-0.4, -0.2) is 40.5 Å². The molecule has 3 rings (SSSR count). The summed E-state index contributed by atoms with van der Waals surface area (Å²) in [5.74, 6) is 0.301. The molecular formula is C11H12BrN5O2. The number of carbonyl (C=O) groups excluding carboxylic acids is 2. The zero-order chi connectivity index (χ0) is 13.5. The molecule has 1 unspecified atom stereocenters. The van der Waals surface area contributed by atoms with Crippen LogP contribution in [0.3, 0.4) is 0 Å². The zero-order valence-electron chi connectivity index (χ0n) is 10.0. The minimum Gasteiger partial charge on any atom is -0.338 e. The number of carbonyl (C=O) groups is 2. The van der Waals surface area contributed by atoms with Crippen molar-refractivity contribution in [1.29, 1.82) is 0 Å². The number of rotatable bonds is 1. The highest BCUT2D eigenvalue weighted by Crippen LogP contribution is 2.26. The van der Waals surface area contributed by atoms with E-state index in [1.807, 2.05) is 4.90 Å². The van der Waals surface area contributed by atoms with Crippen molar-refractivity contribution >= 4 is 33.8 Å². The van der Waals surface area contributed by atoms with Crippen LogP contribution in [0.1, 0.15) is 12.8 Å². The van der Waals surface area contributed by atoms with E-state index in [9.17, 15) is 9.59 Å². The number of nitrogens with one attached hydrogen (secondary N) is 2. The van der Waals surface area contributed by atoms with Crippen LogP contribution in [0.15, 0.2) is 16.9 Å². The average Bonchev–Trinajstić information content (AvgIpc) is 2.64. The van der Waals surface area contributed by atoms with E-state index >= 15 is 0 Å². The van der Waals surface area contributed by atoms with Gasteiger partial charge in [-0.2, -0.15) is 0 Å². The molecule has 0 aromatic carbocycles. The molecule has 0 radical (unpaired) electrons. The summed E-state index contributed by atoms with van der Waals surface area (Å²) in [6, 6.07) is -0.427. The topological polar surface area (TPSA) is 87.2 Å². The molecule has 2 aliphatic heterocycles. The van der Waals surface area contributed by atoms with Gasteiger partial charge in [-0.1, -0.05) is 0 Å². The van der Waals surface area contributed by atoms with Crippen LogP contribution in [0.5, 0.6) is 0 Å².